The van der Waals surface area contributed by atoms with Crippen LogP contribution in [0.25, 0.3) is 0 Å². The van der Waals surface area contributed by atoms with E-state index in [4.69, 9.17) is 30.0 Å². The molecule has 1 fully saturated rings. The molecular weight excluding hydrogens is 379 g/mol. The monoisotopic (exact) mass is 404 g/mol. The van der Waals surface area contributed by atoms with Gasteiger partial charge in [-0.15, -0.1) is 0 Å². The number of nitrogens with zero attached hydrogens (tertiary/aromatic N) is 2. The normalized spacial score (nSPS) is 23.9. The van der Waals surface area contributed by atoms with E-state index >= 15 is 0 Å². The third-order valence-electron chi connectivity index (χ3n) is 3.83. The molecule has 1 aliphatic rings. The van der Waals surface area contributed by atoms with Gasteiger partial charge in [-0.25, -0.2) is 4.79 Å². The van der Waals surface area contributed by atoms with Crippen LogP contribution in [0.4, 0.5) is 5.82 Å². The van der Waals surface area contributed by atoms with Crippen molar-refractivity contribution in [2.45, 2.75) is 32.5 Å². The van der Waals surface area contributed by atoms with Crippen LogP contribution in [-0.2, 0) is 34.4 Å². The van der Waals surface area contributed by atoms with E-state index in [0.29, 0.717) is 0 Å². The molecular formula is C15H25N4O7P. The van der Waals surface area contributed by atoms with Crippen molar-refractivity contribution < 1.29 is 27.9 Å². The number of nitrogens with two attached hydrogens (primary N) is 2. The smallest absolute Gasteiger partial charge is 0.356 e. The van der Waals surface area contributed by atoms with Crippen LogP contribution < -0.4 is 17.2 Å². The summed E-state index contributed by atoms with van der Waals surface area (Å²) in [5.74, 6) is -0.465. The quantitative estimate of drug-likeness (QED) is 0.341. The van der Waals surface area contributed by atoms with Crippen molar-refractivity contribution in [2.24, 2.45) is 11.7 Å². The fourth-order valence-corrected chi connectivity index (χ4v) is 3.51. The van der Waals surface area contributed by atoms with E-state index in [-0.39, 0.29) is 44.4 Å². The van der Waals surface area contributed by atoms with E-state index < -0.39 is 31.4 Å². The molecule has 1 aliphatic heterocycles. The summed E-state index contributed by atoms with van der Waals surface area (Å²) in [5, 5.41) is 0. The first kappa shape index (κ1) is 21.5. The zero-order chi connectivity index (χ0) is 20.0. The van der Waals surface area contributed by atoms with Crippen LogP contribution in [0.15, 0.2) is 17.1 Å². The zero-order valence-corrected chi connectivity index (χ0v) is 16.2. The minimum atomic E-state index is -3.45. The first-order valence-corrected chi connectivity index (χ1v) is 10.2. The van der Waals surface area contributed by atoms with Gasteiger partial charge in [-0.1, -0.05) is 13.8 Å². The van der Waals surface area contributed by atoms with E-state index in [1.54, 1.807) is 13.8 Å². The Balaban J connectivity index is 1.73. The van der Waals surface area contributed by atoms with Crippen molar-refractivity contribution in [1.29, 1.82) is 0 Å². The molecule has 2 heterocycles. The number of rotatable bonds is 8. The molecule has 27 heavy (non-hydrogen) atoms. The number of nitrogen functional groups attached to an aromatic ring is 1. The molecule has 0 aliphatic carbocycles. The van der Waals surface area contributed by atoms with Gasteiger partial charge in [0.1, 0.15) is 30.9 Å². The first-order valence-electron chi connectivity index (χ1n) is 8.45. The second kappa shape index (κ2) is 9.43. The van der Waals surface area contributed by atoms with Crippen LogP contribution >= 0.6 is 7.60 Å². The number of carbonyl (C=O) groups excluding carboxylic acids is 1. The molecule has 2 unspecified atom stereocenters. The number of hydrogen-bond donors (Lipinski definition) is 2. The minimum absolute atomic E-state index is 0.0217. The molecule has 0 bridgehead atoms. The summed E-state index contributed by atoms with van der Waals surface area (Å²) in [5.41, 5.74) is 10.6. The fraction of sp³-hybridized carbons (Fsp3) is 0.667. The van der Waals surface area contributed by atoms with Gasteiger partial charge in [-0.3, -0.25) is 13.9 Å². The molecule has 0 saturated carbocycles. The Morgan fingerprint density at radius 3 is 2.81 bits per heavy atom. The topological polar surface area (TPSA) is 158 Å². The standard InChI is InChI=1S/C15H25N4O7P/c1-10(2)13(17)14(20)23-5-6-25-27(22)9-24-11(8-26-27)7-19-4-3-12(16)18-15(19)21/h3-4,10-11,13H,5-9,17H2,1-2H3,(H2,16,18,21)/t11-,13?,27?/m0/s1. The summed E-state index contributed by atoms with van der Waals surface area (Å²) in [6.45, 7) is 3.56. The Labute approximate surface area is 156 Å². The highest BCUT2D eigenvalue weighted by molar-refractivity contribution is 7.53. The van der Waals surface area contributed by atoms with Crippen molar-refractivity contribution in [3.8, 4) is 0 Å². The number of aromatic nitrogens is 2. The lowest BCUT2D eigenvalue weighted by Crippen LogP contribution is -2.37. The molecule has 1 aromatic rings. The summed E-state index contributed by atoms with van der Waals surface area (Å²) in [6.07, 6.45) is 0.740. The van der Waals surface area contributed by atoms with Gasteiger partial charge in [-0.05, 0) is 12.0 Å². The average molecular weight is 404 g/mol. The molecule has 0 spiro atoms. The Kier molecular flexibility index (Phi) is 7.51. The molecule has 11 nitrogen and oxygen atoms in total. The molecule has 1 aromatic heterocycles. The Hall–Kier alpha value is -1.78. The van der Waals surface area contributed by atoms with Crippen molar-refractivity contribution in [2.75, 3.05) is 31.9 Å². The van der Waals surface area contributed by atoms with Gasteiger partial charge >= 0.3 is 19.3 Å². The van der Waals surface area contributed by atoms with Crippen LogP contribution in [0.3, 0.4) is 0 Å². The third-order valence-corrected chi connectivity index (χ3v) is 5.41. The molecule has 0 aromatic carbocycles. The van der Waals surface area contributed by atoms with Gasteiger partial charge in [-0.2, -0.15) is 4.98 Å². The van der Waals surface area contributed by atoms with Crippen LogP contribution in [0, 0.1) is 5.92 Å². The van der Waals surface area contributed by atoms with Crippen LogP contribution in [0.2, 0.25) is 0 Å². The highest BCUT2D eigenvalue weighted by atomic mass is 31.2. The largest absolute Gasteiger partial charge is 0.462 e. The lowest BCUT2D eigenvalue weighted by Gasteiger charge is -2.29. The second-order valence-electron chi connectivity index (χ2n) is 6.38. The van der Waals surface area contributed by atoms with Gasteiger partial charge in [0.25, 0.3) is 0 Å². The number of esters is 1. The van der Waals surface area contributed by atoms with Gasteiger partial charge in [0.2, 0.25) is 0 Å². The molecule has 0 radical (unpaired) electrons. The molecule has 12 heteroatoms. The lowest BCUT2D eigenvalue weighted by molar-refractivity contribution is -0.147. The molecule has 152 valence electrons. The molecule has 4 N–H and O–H groups in total. The number of ether oxygens (including phenoxy) is 2. The number of hydrogen-bond acceptors (Lipinski definition) is 10. The highest BCUT2D eigenvalue weighted by Gasteiger charge is 2.33. The first-order chi connectivity index (χ1) is 12.7. The summed E-state index contributed by atoms with van der Waals surface area (Å²) in [4.78, 5) is 26.9. The van der Waals surface area contributed by atoms with E-state index in [9.17, 15) is 14.2 Å². The van der Waals surface area contributed by atoms with E-state index in [1.165, 1.54) is 16.8 Å². The zero-order valence-electron chi connectivity index (χ0n) is 15.3. The van der Waals surface area contributed by atoms with E-state index in [2.05, 4.69) is 4.98 Å². The van der Waals surface area contributed by atoms with Gasteiger partial charge in [0.15, 0.2) is 0 Å². The third kappa shape index (κ3) is 6.40. The number of anilines is 1. The summed E-state index contributed by atoms with van der Waals surface area (Å²) < 4.78 is 34.6. The average Bonchev–Trinajstić information content (AvgIpc) is 2.62. The summed E-state index contributed by atoms with van der Waals surface area (Å²) >= 11 is 0. The van der Waals surface area contributed by atoms with Crippen molar-refractivity contribution in [3.63, 3.8) is 0 Å². The maximum atomic E-state index is 12.4. The van der Waals surface area contributed by atoms with Gasteiger partial charge in [0, 0.05) is 6.20 Å². The summed E-state index contributed by atoms with van der Waals surface area (Å²) in [6, 6.07) is 0.772. The van der Waals surface area contributed by atoms with Crippen molar-refractivity contribution >= 4 is 19.4 Å². The van der Waals surface area contributed by atoms with E-state index in [0.717, 1.165) is 0 Å². The summed E-state index contributed by atoms with van der Waals surface area (Å²) in [7, 11) is -3.45. The maximum Gasteiger partial charge on any atom is 0.356 e. The van der Waals surface area contributed by atoms with Crippen molar-refractivity contribution in [1.82, 2.24) is 9.55 Å². The second-order valence-corrected chi connectivity index (χ2v) is 8.38. The predicted octanol–water partition coefficient (Wildman–Crippen LogP) is -0.0654. The minimum Gasteiger partial charge on any atom is -0.462 e. The van der Waals surface area contributed by atoms with Crippen molar-refractivity contribution in [3.05, 3.63) is 22.7 Å². The maximum absolute atomic E-state index is 12.4. The van der Waals surface area contributed by atoms with Crippen LogP contribution in [0.1, 0.15) is 13.8 Å². The van der Waals surface area contributed by atoms with Crippen LogP contribution in [-0.4, -0.2) is 53.8 Å². The Morgan fingerprint density at radius 1 is 1.48 bits per heavy atom. The molecule has 0 amide bonds. The fourth-order valence-electron chi connectivity index (χ4n) is 2.15. The predicted molar refractivity (Wildman–Crippen MR) is 95.9 cm³/mol. The SMILES string of the molecule is CC(C)C(N)C(=O)OCCOP1(=O)CO[C@@H](Cn2ccc(N)nc2=O)CO1. The Morgan fingerprint density at radius 2 is 2.22 bits per heavy atom. The van der Waals surface area contributed by atoms with E-state index in [1.807, 2.05) is 0 Å². The lowest BCUT2D eigenvalue weighted by atomic mass is 10.1. The van der Waals surface area contributed by atoms with Gasteiger partial charge in [0.05, 0.1) is 19.8 Å². The van der Waals surface area contributed by atoms with Crippen LogP contribution in [0.5, 0.6) is 0 Å². The number of carbonyl (C=O) groups is 1. The molecule has 3 atom stereocenters. The Bertz CT molecular complexity index is 742. The van der Waals surface area contributed by atoms with Gasteiger partial charge < -0.3 is 30.0 Å². The highest BCUT2D eigenvalue weighted by Crippen LogP contribution is 2.50. The molecule has 2 rings (SSSR count). The molecule has 1 saturated heterocycles.